The predicted octanol–water partition coefficient (Wildman–Crippen LogP) is 1.73. The highest BCUT2D eigenvalue weighted by atomic mass is 35.7. The number of rotatable bonds is 2. The van der Waals surface area contributed by atoms with Gasteiger partial charge in [0.1, 0.15) is 0 Å². The van der Waals surface area contributed by atoms with Gasteiger partial charge in [0, 0.05) is 6.54 Å². The SMILES string of the molecule is CCNS(C)(C)Cl. The molecule has 1 nitrogen and oxygen atoms in total. The zero-order chi connectivity index (χ0) is 5.91. The molecule has 0 aliphatic rings. The number of halogens is 1. The molecule has 0 radical (unpaired) electrons. The van der Waals surface area contributed by atoms with Crippen molar-refractivity contribution in [2.24, 2.45) is 0 Å². The molecule has 0 heterocycles. The molecule has 0 saturated heterocycles. The largest absolute Gasteiger partial charge is 0.270 e. The third kappa shape index (κ3) is 6.60. The van der Waals surface area contributed by atoms with Crippen molar-refractivity contribution in [1.29, 1.82) is 0 Å². The van der Waals surface area contributed by atoms with E-state index in [-0.39, 0.29) is 0 Å². The molecule has 0 aromatic heterocycles. The third-order valence-corrected chi connectivity index (χ3v) is 1.79. The van der Waals surface area contributed by atoms with E-state index in [1.807, 2.05) is 12.5 Å². The maximum atomic E-state index is 5.81. The van der Waals surface area contributed by atoms with Crippen LogP contribution < -0.4 is 4.72 Å². The van der Waals surface area contributed by atoms with Crippen molar-refractivity contribution in [3.8, 4) is 0 Å². The summed E-state index contributed by atoms with van der Waals surface area (Å²) in [6.07, 6.45) is 4.02. The maximum Gasteiger partial charge on any atom is 0.00252 e. The number of nitrogens with one attached hydrogen (secondary N) is 1. The molecular weight excluding hydrogens is 130 g/mol. The van der Waals surface area contributed by atoms with Crippen LogP contribution in [0, 0.1) is 0 Å². The molecule has 0 aromatic carbocycles. The van der Waals surface area contributed by atoms with Gasteiger partial charge in [-0.2, -0.15) is 0 Å². The lowest BCUT2D eigenvalue weighted by Gasteiger charge is -2.21. The monoisotopic (exact) mass is 141 g/mol. The Bertz CT molecular complexity index is 50.1. The first-order valence-electron chi connectivity index (χ1n) is 2.24. The molecule has 0 aliphatic carbocycles. The summed E-state index contributed by atoms with van der Waals surface area (Å²) in [5.41, 5.74) is 0. The highest BCUT2D eigenvalue weighted by molar-refractivity contribution is 8.48. The average molecular weight is 142 g/mol. The van der Waals surface area contributed by atoms with Gasteiger partial charge < -0.3 is 0 Å². The van der Waals surface area contributed by atoms with Crippen LogP contribution in [0.4, 0.5) is 0 Å². The second-order valence-corrected chi connectivity index (χ2v) is 6.71. The molecule has 0 bridgehead atoms. The fourth-order valence-electron chi connectivity index (χ4n) is 0.343. The van der Waals surface area contributed by atoms with E-state index in [0.29, 0.717) is 0 Å². The summed E-state index contributed by atoms with van der Waals surface area (Å²) in [5.74, 6) is 0. The molecule has 0 aliphatic heterocycles. The molecular formula is C4H12ClNS. The van der Waals surface area contributed by atoms with Crippen molar-refractivity contribution in [3.05, 3.63) is 0 Å². The Morgan fingerprint density at radius 2 is 2.00 bits per heavy atom. The van der Waals surface area contributed by atoms with Gasteiger partial charge >= 0.3 is 0 Å². The minimum Gasteiger partial charge on any atom is -0.270 e. The lowest BCUT2D eigenvalue weighted by Crippen LogP contribution is -2.12. The van der Waals surface area contributed by atoms with E-state index in [1.54, 1.807) is 0 Å². The van der Waals surface area contributed by atoms with Crippen molar-refractivity contribution in [3.63, 3.8) is 0 Å². The van der Waals surface area contributed by atoms with Gasteiger partial charge in [0.2, 0.25) is 0 Å². The highest BCUT2D eigenvalue weighted by Crippen LogP contribution is 2.39. The summed E-state index contributed by atoms with van der Waals surface area (Å²) in [4.78, 5) is 0. The molecule has 46 valence electrons. The van der Waals surface area contributed by atoms with Gasteiger partial charge in [-0.15, -0.1) is 9.43 Å². The van der Waals surface area contributed by atoms with Gasteiger partial charge in [0.25, 0.3) is 0 Å². The fraction of sp³-hybridized carbons (Fsp3) is 1.00. The minimum atomic E-state index is -0.952. The van der Waals surface area contributed by atoms with E-state index >= 15 is 0 Å². The minimum absolute atomic E-state index is 0.952. The summed E-state index contributed by atoms with van der Waals surface area (Å²) >= 11 is 0. The van der Waals surface area contributed by atoms with Crippen molar-refractivity contribution in [2.45, 2.75) is 6.92 Å². The average Bonchev–Trinajstić information content (AvgIpc) is 1.30. The van der Waals surface area contributed by atoms with Gasteiger partial charge in [0.05, 0.1) is 0 Å². The molecule has 0 amide bonds. The molecule has 0 unspecified atom stereocenters. The van der Waals surface area contributed by atoms with E-state index < -0.39 is 9.43 Å². The Morgan fingerprint density at radius 1 is 1.57 bits per heavy atom. The molecule has 3 heteroatoms. The van der Waals surface area contributed by atoms with Crippen LogP contribution in [0.1, 0.15) is 6.92 Å². The van der Waals surface area contributed by atoms with Crippen LogP contribution in [0.2, 0.25) is 0 Å². The van der Waals surface area contributed by atoms with Crippen molar-refractivity contribution < 1.29 is 0 Å². The molecule has 0 rings (SSSR count). The molecule has 0 saturated carbocycles. The number of hydrogen-bond donors (Lipinski definition) is 1. The normalized spacial score (nSPS) is 14.3. The van der Waals surface area contributed by atoms with E-state index in [9.17, 15) is 0 Å². The topological polar surface area (TPSA) is 12.0 Å². The van der Waals surface area contributed by atoms with Crippen LogP contribution in [0.25, 0.3) is 0 Å². The highest BCUT2D eigenvalue weighted by Gasteiger charge is 2.00. The van der Waals surface area contributed by atoms with E-state index in [0.717, 1.165) is 6.54 Å². The van der Waals surface area contributed by atoms with Gasteiger partial charge in [-0.1, -0.05) is 17.6 Å². The summed E-state index contributed by atoms with van der Waals surface area (Å²) in [6, 6.07) is 0. The Balaban J connectivity index is 3.15. The maximum absolute atomic E-state index is 5.81. The predicted molar refractivity (Wildman–Crippen MR) is 39.0 cm³/mol. The summed E-state index contributed by atoms with van der Waals surface area (Å²) in [6.45, 7) is 3.02. The Labute approximate surface area is 51.4 Å². The van der Waals surface area contributed by atoms with Gasteiger partial charge in [-0.25, -0.2) is 0 Å². The Kier molecular flexibility index (Phi) is 3.04. The van der Waals surface area contributed by atoms with Crippen LogP contribution in [0.5, 0.6) is 0 Å². The molecule has 0 spiro atoms. The van der Waals surface area contributed by atoms with Crippen molar-refractivity contribution in [2.75, 3.05) is 19.1 Å². The molecule has 0 atom stereocenters. The molecule has 0 aromatic rings. The van der Waals surface area contributed by atoms with Crippen LogP contribution >= 0.6 is 20.1 Å². The Hall–Kier alpha value is 0.600. The summed E-state index contributed by atoms with van der Waals surface area (Å²) in [7, 11) is 4.85. The molecule has 1 N–H and O–H groups in total. The summed E-state index contributed by atoms with van der Waals surface area (Å²) < 4.78 is 3.13. The van der Waals surface area contributed by atoms with Crippen LogP contribution in [-0.2, 0) is 0 Å². The van der Waals surface area contributed by atoms with E-state index in [2.05, 4.69) is 11.6 Å². The fourth-order valence-corrected chi connectivity index (χ4v) is 1.36. The number of hydrogen-bond acceptors (Lipinski definition) is 1. The van der Waals surface area contributed by atoms with Crippen LogP contribution in [0.15, 0.2) is 0 Å². The molecule has 0 fully saturated rings. The van der Waals surface area contributed by atoms with Gasteiger partial charge in [-0.05, 0) is 12.5 Å². The zero-order valence-electron chi connectivity index (χ0n) is 4.99. The first kappa shape index (κ1) is 7.60. The Morgan fingerprint density at radius 3 is 2.00 bits per heavy atom. The van der Waals surface area contributed by atoms with Crippen LogP contribution in [-0.4, -0.2) is 19.1 Å². The van der Waals surface area contributed by atoms with Crippen LogP contribution in [0.3, 0.4) is 0 Å². The van der Waals surface area contributed by atoms with Gasteiger partial charge in [0.15, 0.2) is 0 Å². The smallest absolute Gasteiger partial charge is 0.00252 e. The third-order valence-electron chi connectivity index (χ3n) is 0.488. The van der Waals surface area contributed by atoms with Crippen molar-refractivity contribution >= 4 is 20.1 Å². The first-order valence-corrected chi connectivity index (χ1v) is 5.51. The zero-order valence-corrected chi connectivity index (χ0v) is 6.57. The van der Waals surface area contributed by atoms with E-state index in [1.165, 1.54) is 0 Å². The second kappa shape index (κ2) is 2.80. The summed E-state index contributed by atoms with van der Waals surface area (Å²) in [5, 5.41) is 0. The van der Waals surface area contributed by atoms with Crippen molar-refractivity contribution in [1.82, 2.24) is 4.72 Å². The quantitative estimate of drug-likeness (QED) is 0.618. The standard InChI is InChI=1S/C4H12ClNS/c1-4-6-7(2,3)5/h6H,4H2,1-3H3. The lowest BCUT2D eigenvalue weighted by molar-refractivity contribution is 1.03. The lowest BCUT2D eigenvalue weighted by atomic mass is 10.8. The molecule has 7 heavy (non-hydrogen) atoms. The first-order chi connectivity index (χ1) is 3.06. The second-order valence-electron chi connectivity index (χ2n) is 1.70. The van der Waals surface area contributed by atoms with E-state index in [4.69, 9.17) is 10.7 Å². The van der Waals surface area contributed by atoms with Gasteiger partial charge in [-0.3, -0.25) is 4.72 Å².